The van der Waals surface area contributed by atoms with Crippen molar-refractivity contribution in [3.05, 3.63) is 35.4 Å². The van der Waals surface area contributed by atoms with Gasteiger partial charge in [-0.25, -0.2) is 0 Å². The number of nitrogens with one attached hydrogen (secondary N) is 1. The number of rotatable bonds is 4. The lowest BCUT2D eigenvalue weighted by Gasteiger charge is -2.35. The smallest absolute Gasteiger partial charge is 0.193 e. The monoisotopic (exact) mass is 444 g/mol. The molecular weight excluding hydrogens is 411 g/mol. The first-order chi connectivity index (χ1) is 11.0. The number of likely N-dealkylation sites (N-methyl/N-ethyl adjacent to an activating group) is 1. The van der Waals surface area contributed by atoms with E-state index in [-0.39, 0.29) is 24.0 Å². The number of halogens is 1. The predicted octanol–water partition coefficient (Wildman–Crippen LogP) is 3.52. The molecule has 0 saturated carbocycles. The molecule has 1 aromatic rings. The Morgan fingerprint density at radius 3 is 2.54 bits per heavy atom. The zero-order valence-corrected chi connectivity index (χ0v) is 18.1. The molecule has 2 atom stereocenters. The van der Waals surface area contributed by atoms with E-state index in [0.717, 1.165) is 31.5 Å². The maximum atomic E-state index is 4.50. The highest BCUT2D eigenvalue weighted by Crippen LogP contribution is 2.19. The van der Waals surface area contributed by atoms with Gasteiger partial charge >= 0.3 is 0 Å². The summed E-state index contributed by atoms with van der Waals surface area (Å²) >= 11 is 0. The van der Waals surface area contributed by atoms with Crippen LogP contribution in [0.2, 0.25) is 0 Å². The molecule has 0 amide bonds. The van der Waals surface area contributed by atoms with Crippen LogP contribution in [0.4, 0.5) is 0 Å². The van der Waals surface area contributed by atoms with Crippen molar-refractivity contribution in [2.75, 3.05) is 40.8 Å². The van der Waals surface area contributed by atoms with Crippen LogP contribution in [0, 0.1) is 12.8 Å². The maximum Gasteiger partial charge on any atom is 0.193 e. The number of hydrogen-bond acceptors (Lipinski definition) is 2. The second-order valence-corrected chi connectivity index (χ2v) is 7.01. The van der Waals surface area contributed by atoms with Crippen LogP contribution in [0.1, 0.15) is 36.9 Å². The van der Waals surface area contributed by atoms with Crippen molar-refractivity contribution in [2.24, 2.45) is 10.9 Å². The largest absolute Gasteiger partial charge is 0.354 e. The molecule has 0 aromatic heterocycles. The molecule has 1 aromatic carbocycles. The van der Waals surface area contributed by atoms with E-state index in [0.29, 0.717) is 6.04 Å². The van der Waals surface area contributed by atoms with Crippen LogP contribution in [-0.2, 0) is 0 Å². The van der Waals surface area contributed by atoms with E-state index in [9.17, 15) is 0 Å². The second-order valence-electron chi connectivity index (χ2n) is 7.01. The lowest BCUT2D eigenvalue weighted by Crippen LogP contribution is -2.48. The fraction of sp³-hybridized carbons (Fsp3) is 0.632. The number of benzene rings is 1. The fourth-order valence-corrected chi connectivity index (χ4v) is 3.29. The predicted molar refractivity (Wildman–Crippen MR) is 114 cm³/mol. The summed E-state index contributed by atoms with van der Waals surface area (Å²) in [6, 6.07) is 9.18. The Hall–Kier alpha value is -0.820. The minimum atomic E-state index is 0. The average Bonchev–Trinajstić information content (AvgIpc) is 2.52. The molecule has 0 aliphatic carbocycles. The van der Waals surface area contributed by atoms with Gasteiger partial charge in [0.05, 0.1) is 6.04 Å². The van der Waals surface area contributed by atoms with E-state index in [2.05, 4.69) is 72.3 Å². The van der Waals surface area contributed by atoms with E-state index in [1.54, 1.807) is 0 Å². The van der Waals surface area contributed by atoms with E-state index >= 15 is 0 Å². The number of piperidine rings is 1. The molecule has 0 bridgehead atoms. The van der Waals surface area contributed by atoms with Crippen molar-refractivity contribution in [1.82, 2.24) is 15.1 Å². The van der Waals surface area contributed by atoms with Crippen molar-refractivity contribution in [3.63, 3.8) is 0 Å². The lowest BCUT2D eigenvalue weighted by molar-refractivity contribution is 0.258. The van der Waals surface area contributed by atoms with Gasteiger partial charge < -0.3 is 15.1 Å². The molecule has 1 aliphatic rings. The highest BCUT2D eigenvalue weighted by atomic mass is 127. The van der Waals surface area contributed by atoms with Crippen molar-refractivity contribution in [2.45, 2.75) is 32.7 Å². The van der Waals surface area contributed by atoms with Crippen LogP contribution in [0.15, 0.2) is 29.3 Å². The van der Waals surface area contributed by atoms with Crippen LogP contribution >= 0.6 is 24.0 Å². The number of aliphatic imine (C=N–C) groups is 1. The summed E-state index contributed by atoms with van der Waals surface area (Å²) in [4.78, 5) is 9.16. The fourth-order valence-electron chi connectivity index (χ4n) is 3.29. The molecule has 0 radical (unpaired) electrons. The van der Waals surface area contributed by atoms with E-state index in [1.165, 1.54) is 24.0 Å². The van der Waals surface area contributed by atoms with Gasteiger partial charge in [0.15, 0.2) is 5.96 Å². The third-order valence-corrected chi connectivity index (χ3v) is 4.71. The maximum absolute atomic E-state index is 4.50. The van der Waals surface area contributed by atoms with Gasteiger partial charge in [-0.05, 0) is 45.3 Å². The van der Waals surface area contributed by atoms with E-state index < -0.39 is 0 Å². The number of nitrogens with zero attached hydrogens (tertiary/aromatic N) is 3. The summed E-state index contributed by atoms with van der Waals surface area (Å²) in [5.41, 5.74) is 2.65. The molecule has 136 valence electrons. The van der Waals surface area contributed by atoms with Gasteiger partial charge in [0.2, 0.25) is 0 Å². The number of likely N-dealkylation sites (tertiary alicyclic amines) is 1. The summed E-state index contributed by atoms with van der Waals surface area (Å²) in [6.07, 6.45) is 2.59. The summed E-state index contributed by atoms with van der Waals surface area (Å²) in [7, 11) is 6.16. The van der Waals surface area contributed by atoms with Gasteiger partial charge in [0.25, 0.3) is 0 Å². The van der Waals surface area contributed by atoms with Crippen molar-refractivity contribution >= 4 is 29.9 Å². The van der Waals surface area contributed by atoms with Crippen molar-refractivity contribution in [3.8, 4) is 0 Å². The number of hydrogen-bond donors (Lipinski definition) is 1. The Kier molecular flexibility index (Phi) is 9.05. The molecule has 24 heavy (non-hydrogen) atoms. The summed E-state index contributed by atoms with van der Waals surface area (Å²) in [6.45, 7) is 7.55. The van der Waals surface area contributed by atoms with Crippen molar-refractivity contribution in [1.29, 1.82) is 0 Å². The second kappa shape index (κ2) is 10.2. The minimum absolute atomic E-state index is 0. The quantitative estimate of drug-likeness (QED) is 0.438. The van der Waals surface area contributed by atoms with Gasteiger partial charge in [0, 0.05) is 26.7 Å². The molecule has 1 heterocycles. The van der Waals surface area contributed by atoms with Crippen LogP contribution in [0.5, 0.6) is 0 Å². The van der Waals surface area contributed by atoms with Gasteiger partial charge in [0.1, 0.15) is 0 Å². The van der Waals surface area contributed by atoms with Gasteiger partial charge in [-0.15, -0.1) is 24.0 Å². The minimum Gasteiger partial charge on any atom is -0.354 e. The number of guanidine groups is 1. The Morgan fingerprint density at radius 2 is 2.00 bits per heavy atom. The summed E-state index contributed by atoms with van der Waals surface area (Å²) in [5.74, 6) is 1.79. The Morgan fingerprint density at radius 1 is 1.33 bits per heavy atom. The normalized spacial score (nSPS) is 19.8. The van der Waals surface area contributed by atoms with Gasteiger partial charge in [-0.1, -0.05) is 36.8 Å². The summed E-state index contributed by atoms with van der Waals surface area (Å²) < 4.78 is 0. The zero-order valence-electron chi connectivity index (χ0n) is 15.7. The van der Waals surface area contributed by atoms with Gasteiger partial charge in [-0.2, -0.15) is 0 Å². The molecule has 2 rings (SSSR count). The van der Waals surface area contributed by atoms with E-state index in [4.69, 9.17) is 0 Å². The number of aryl methyl sites for hydroxylation is 1. The summed E-state index contributed by atoms with van der Waals surface area (Å²) in [5, 5.41) is 3.59. The highest BCUT2D eigenvalue weighted by molar-refractivity contribution is 14.0. The SMILES string of the molecule is CN=C(NCC(c1ccc(C)cc1)N(C)C)N1CCCC(C)C1.I. The molecule has 2 unspecified atom stereocenters. The molecule has 1 N–H and O–H groups in total. The van der Waals surface area contributed by atoms with Crippen LogP contribution < -0.4 is 5.32 Å². The molecule has 1 aliphatic heterocycles. The topological polar surface area (TPSA) is 30.9 Å². The third kappa shape index (κ3) is 5.92. The lowest BCUT2D eigenvalue weighted by atomic mass is 10.0. The Labute approximate surface area is 164 Å². The van der Waals surface area contributed by atoms with Crippen LogP contribution in [0.3, 0.4) is 0 Å². The van der Waals surface area contributed by atoms with Gasteiger partial charge in [-0.3, -0.25) is 4.99 Å². The van der Waals surface area contributed by atoms with E-state index in [1.807, 2.05) is 7.05 Å². The first-order valence-electron chi connectivity index (χ1n) is 8.70. The molecule has 4 nitrogen and oxygen atoms in total. The average molecular weight is 444 g/mol. The van der Waals surface area contributed by atoms with Crippen molar-refractivity contribution < 1.29 is 0 Å². The molecule has 1 saturated heterocycles. The Bertz CT molecular complexity index is 513. The molecule has 1 fully saturated rings. The molecular formula is C19H33IN4. The Balaban J connectivity index is 0.00000288. The first kappa shape index (κ1) is 21.2. The third-order valence-electron chi connectivity index (χ3n) is 4.71. The molecule has 5 heteroatoms. The van der Waals surface area contributed by atoms with Crippen LogP contribution in [0.25, 0.3) is 0 Å². The zero-order chi connectivity index (χ0) is 16.8. The standard InChI is InChI=1S/C19H32N4.HI/c1-15-8-10-17(11-9-15)18(22(4)5)13-21-19(20-3)23-12-6-7-16(2)14-23;/h8-11,16,18H,6-7,12-14H2,1-5H3,(H,20,21);1H. The molecule has 0 spiro atoms. The first-order valence-corrected chi connectivity index (χ1v) is 8.70. The highest BCUT2D eigenvalue weighted by Gasteiger charge is 2.21. The van der Waals surface area contributed by atoms with Crippen LogP contribution in [-0.4, -0.2) is 56.5 Å².